The van der Waals surface area contributed by atoms with Gasteiger partial charge >= 0.3 is 0 Å². The molecule has 0 unspecified atom stereocenters. The molecule has 0 bridgehead atoms. The van der Waals surface area contributed by atoms with Crippen LogP contribution in [-0.2, 0) is 4.79 Å². The molecule has 1 rings (SSSR count). The summed E-state index contributed by atoms with van der Waals surface area (Å²) in [4.78, 5) is 20.7. The SMILES string of the molecule is O=C=CC(=O)c1ccccc1. The van der Waals surface area contributed by atoms with E-state index in [1.165, 1.54) is 5.94 Å². The minimum Gasteiger partial charge on any atom is -0.288 e. The number of allylic oxidation sites excluding steroid dienone is 1. The van der Waals surface area contributed by atoms with Gasteiger partial charge in [0, 0.05) is 5.56 Å². The summed E-state index contributed by atoms with van der Waals surface area (Å²) in [5.41, 5.74) is 0.510. The maximum Gasteiger partial charge on any atom is 0.196 e. The van der Waals surface area contributed by atoms with Crippen LogP contribution in [-0.4, -0.2) is 11.7 Å². The second-order valence-corrected chi connectivity index (χ2v) is 1.99. The summed E-state index contributed by atoms with van der Waals surface area (Å²) in [6.07, 6.45) is 0.884. The lowest BCUT2D eigenvalue weighted by Gasteiger charge is -1.89. The van der Waals surface area contributed by atoms with Crippen molar-refractivity contribution >= 4 is 11.7 Å². The highest BCUT2D eigenvalue weighted by molar-refractivity contribution is 6.08. The molecular weight excluding hydrogens is 140 g/mol. The Morgan fingerprint density at radius 2 is 1.91 bits per heavy atom. The van der Waals surface area contributed by atoms with Gasteiger partial charge in [0.2, 0.25) is 0 Å². The molecule has 0 radical (unpaired) electrons. The van der Waals surface area contributed by atoms with Gasteiger partial charge in [0.1, 0.15) is 5.94 Å². The summed E-state index contributed by atoms with van der Waals surface area (Å²) in [5.74, 6) is 1.14. The second-order valence-electron chi connectivity index (χ2n) is 1.99. The molecule has 2 heteroatoms. The zero-order valence-corrected chi connectivity index (χ0v) is 5.78. The van der Waals surface area contributed by atoms with Gasteiger partial charge < -0.3 is 0 Å². The minimum absolute atomic E-state index is 0.305. The fourth-order valence-electron chi connectivity index (χ4n) is 0.739. The summed E-state index contributed by atoms with van der Waals surface area (Å²) in [6, 6.07) is 8.59. The quantitative estimate of drug-likeness (QED) is 0.357. The molecule has 54 valence electrons. The molecule has 0 saturated heterocycles. The largest absolute Gasteiger partial charge is 0.288 e. The Morgan fingerprint density at radius 1 is 1.27 bits per heavy atom. The van der Waals surface area contributed by atoms with E-state index in [-0.39, 0.29) is 5.78 Å². The lowest BCUT2D eigenvalue weighted by atomic mass is 10.1. The van der Waals surface area contributed by atoms with E-state index in [1.54, 1.807) is 30.3 Å². The van der Waals surface area contributed by atoms with Gasteiger partial charge in [-0.15, -0.1) is 0 Å². The monoisotopic (exact) mass is 146 g/mol. The first-order valence-electron chi connectivity index (χ1n) is 3.15. The average Bonchev–Trinajstić information content (AvgIpc) is 2.07. The molecule has 0 atom stereocenters. The molecule has 2 nitrogen and oxygen atoms in total. The number of rotatable bonds is 2. The van der Waals surface area contributed by atoms with Crippen molar-refractivity contribution in [2.24, 2.45) is 0 Å². The maximum atomic E-state index is 10.9. The number of hydrogen-bond donors (Lipinski definition) is 0. The number of benzene rings is 1. The second kappa shape index (κ2) is 3.49. The Balaban J connectivity index is 2.94. The van der Waals surface area contributed by atoms with Crippen LogP contribution in [0.25, 0.3) is 0 Å². The smallest absolute Gasteiger partial charge is 0.196 e. The summed E-state index contributed by atoms with van der Waals surface area (Å²) in [7, 11) is 0. The van der Waals surface area contributed by atoms with Gasteiger partial charge in [-0.2, -0.15) is 0 Å². The number of carbonyl (C=O) groups excluding carboxylic acids is 2. The Bertz CT molecular complexity index is 295. The average molecular weight is 146 g/mol. The first-order chi connectivity index (χ1) is 5.34. The van der Waals surface area contributed by atoms with Crippen LogP contribution >= 0.6 is 0 Å². The van der Waals surface area contributed by atoms with Gasteiger partial charge in [-0.25, -0.2) is 4.79 Å². The van der Waals surface area contributed by atoms with Crippen LogP contribution in [0.15, 0.2) is 36.4 Å². The summed E-state index contributed by atoms with van der Waals surface area (Å²) in [6.45, 7) is 0. The Kier molecular flexibility index (Phi) is 2.37. The van der Waals surface area contributed by atoms with Crippen molar-refractivity contribution in [3.8, 4) is 0 Å². The van der Waals surface area contributed by atoms with E-state index in [4.69, 9.17) is 0 Å². The molecular formula is C9H6O2. The molecule has 0 aliphatic heterocycles. The van der Waals surface area contributed by atoms with Crippen molar-refractivity contribution in [2.45, 2.75) is 0 Å². The number of hydrogen-bond acceptors (Lipinski definition) is 2. The number of carbonyl (C=O) groups is 1. The van der Waals surface area contributed by atoms with Gasteiger partial charge in [-0.3, -0.25) is 4.79 Å². The van der Waals surface area contributed by atoms with Crippen molar-refractivity contribution < 1.29 is 9.59 Å². The topological polar surface area (TPSA) is 34.1 Å². The predicted octanol–water partition coefficient (Wildman–Crippen LogP) is 1.26. The lowest BCUT2D eigenvalue weighted by molar-refractivity contribution is 0.104. The van der Waals surface area contributed by atoms with Crippen molar-refractivity contribution in [1.82, 2.24) is 0 Å². The molecule has 0 heterocycles. The molecule has 1 aromatic carbocycles. The van der Waals surface area contributed by atoms with Gasteiger partial charge in [0.15, 0.2) is 5.78 Å². The van der Waals surface area contributed by atoms with Gasteiger partial charge in [0.05, 0.1) is 6.08 Å². The standard InChI is InChI=1S/C9H6O2/c10-7-6-9(11)8-4-2-1-3-5-8/h1-6H. The van der Waals surface area contributed by atoms with Crippen molar-refractivity contribution in [2.75, 3.05) is 0 Å². The van der Waals surface area contributed by atoms with E-state index < -0.39 is 0 Å². The Hall–Kier alpha value is -1.66. The van der Waals surface area contributed by atoms with Crippen LogP contribution < -0.4 is 0 Å². The Labute approximate surface area is 64.2 Å². The van der Waals surface area contributed by atoms with Crippen LogP contribution in [0.2, 0.25) is 0 Å². The van der Waals surface area contributed by atoms with E-state index >= 15 is 0 Å². The molecule has 0 amide bonds. The van der Waals surface area contributed by atoms with Crippen molar-refractivity contribution in [3.05, 3.63) is 42.0 Å². The normalized spacial score (nSPS) is 8.36. The molecule has 0 aliphatic rings. The molecule has 0 aliphatic carbocycles. The van der Waals surface area contributed by atoms with E-state index in [1.807, 2.05) is 0 Å². The van der Waals surface area contributed by atoms with Gasteiger partial charge in [-0.05, 0) is 0 Å². The molecule has 11 heavy (non-hydrogen) atoms. The fraction of sp³-hybridized carbons (Fsp3) is 0. The van der Waals surface area contributed by atoms with Gasteiger partial charge in [0.25, 0.3) is 0 Å². The molecule has 0 saturated carbocycles. The summed E-state index contributed by atoms with van der Waals surface area (Å²) >= 11 is 0. The fourth-order valence-corrected chi connectivity index (χ4v) is 0.739. The molecule has 1 aromatic rings. The van der Waals surface area contributed by atoms with Crippen LogP contribution in [0.4, 0.5) is 0 Å². The van der Waals surface area contributed by atoms with Crippen LogP contribution in [0, 0.1) is 0 Å². The third kappa shape index (κ3) is 1.88. The van der Waals surface area contributed by atoms with Crippen LogP contribution in [0.3, 0.4) is 0 Å². The summed E-state index contributed by atoms with van der Waals surface area (Å²) < 4.78 is 0. The zero-order valence-electron chi connectivity index (χ0n) is 5.78. The highest BCUT2D eigenvalue weighted by Gasteiger charge is 1.98. The van der Waals surface area contributed by atoms with E-state index in [9.17, 15) is 9.59 Å². The van der Waals surface area contributed by atoms with E-state index in [0.717, 1.165) is 6.08 Å². The highest BCUT2D eigenvalue weighted by Crippen LogP contribution is 1.98. The van der Waals surface area contributed by atoms with Crippen molar-refractivity contribution in [3.63, 3.8) is 0 Å². The van der Waals surface area contributed by atoms with E-state index in [2.05, 4.69) is 0 Å². The van der Waals surface area contributed by atoms with Crippen LogP contribution in [0.5, 0.6) is 0 Å². The maximum absolute atomic E-state index is 10.9. The molecule has 0 fully saturated rings. The molecule has 0 aromatic heterocycles. The predicted molar refractivity (Wildman–Crippen MR) is 41.0 cm³/mol. The van der Waals surface area contributed by atoms with Gasteiger partial charge in [-0.1, -0.05) is 30.3 Å². The Morgan fingerprint density at radius 3 is 2.45 bits per heavy atom. The summed E-state index contributed by atoms with van der Waals surface area (Å²) in [5, 5.41) is 0. The minimum atomic E-state index is -0.305. The number of ketones is 1. The first-order valence-corrected chi connectivity index (χ1v) is 3.15. The third-order valence-electron chi connectivity index (χ3n) is 1.25. The first kappa shape index (κ1) is 7.45. The zero-order chi connectivity index (χ0) is 8.10. The van der Waals surface area contributed by atoms with Crippen LogP contribution in [0.1, 0.15) is 10.4 Å². The van der Waals surface area contributed by atoms with E-state index in [0.29, 0.717) is 5.56 Å². The lowest BCUT2D eigenvalue weighted by Crippen LogP contribution is -1.92. The molecule has 0 spiro atoms. The molecule has 0 N–H and O–H groups in total. The third-order valence-corrected chi connectivity index (χ3v) is 1.25. The highest BCUT2D eigenvalue weighted by atomic mass is 16.1. The van der Waals surface area contributed by atoms with Crippen molar-refractivity contribution in [1.29, 1.82) is 0 Å².